The normalized spacial score (nSPS) is 11.6. The predicted octanol–water partition coefficient (Wildman–Crippen LogP) is 0.289. The molecule has 1 aromatic carbocycles. The fourth-order valence-corrected chi connectivity index (χ4v) is 2.77. The molecule has 18 heavy (non-hydrogen) atoms. The van der Waals surface area contributed by atoms with Crippen LogP contribution >= 0.6 is 11.6 Å². The molecule has 0 unspecified atom stereocenters. The highest BCUT2D eigenvalue weighted by Crippen LogP contribution is 2.24. The summed E-state index contributed by atoms with van der Waals surface area (Å²) in [7, 11) is -1.11. The second-order valence-corrected chi connectivity index (χ2v) is 6.07. The number of likely N-dealkylation sites (N-methyl/N-ethyl adjacent to an activating group) is 2. The number of nitrogens with one attached hydrogen (secondary N) is 1. The lowest BCUT2D eigenvalue weighted by molar-refractivity contribution is -0.120. The van der Waals surface area contributed by atoms with Crippen LogP contribution in [-0.4, -0.2) is 39.3 Å². The maximum atomic E-state index is 12.2. The molecule has 0 saturated carbocycles. The fraction of sp³-hybridized carbons (Fsp3) is 0.300. The zero-order valence-corrected chi connectivity index (χ0v) is 11.5. The Kier molecular flexibility index (Phi) is 4.55. The van der Waals surface area contributed by atoms with Crippen molar-refractivity contribution in [1.82, 2.24) is 9.62 Å². The van der Waals surface area contributed by atoms with Gasteiger partial charge >= 0.3 is 0 Å². The van der Waals surface area contributed by atoms with Gasteiger partial charge < -0.3 is 11.1 Å². The first-order valence-electron chi connectivity index (χ1n) is 5.01. The topological polar surface area (TPSA) is 92.5 Å². The van der Waals surface area contributed by atoms with E-state index in [1.165, 1.54) is 32.3 Å². The van der Waals surface area contributed by atoms with Crippen LogP contribution in [-0.2, 0) is 14.8 Å². The molecular weight excluding hydrogens is 278 g/mol. The Morgan fingerprint density at radius 2 is 2.11 bits per heavy atom. The number of nitrogens with zero attached hydrogens (tertiary/aromatic N) is 1. The van der Waals surface area contributed by atoms with E-state index in [-0.39, 0.29) is 22.2 Å². The molecule has 0 spiro atoms. The van der Waals surface area contributed by atoms with Gasteiger partial charge in [-0.2, -0.15) is 4.31 Å². The van der Waals surface area contributed by atoms with E-state index in [9.17, 15) is 13.2 Å². The first-order chi connectivity index (χ1) is 8.28. The van der Waals surface area contributed by atoms with E-state index in [1.54, 1.807) is 0 Å². The molecule has 0 atom stereocenters. The number of benzene rings is 1. The van der Waals surface area contributed by atoms with Gasteiger partial charge in [-0.15, -0.1) is 0 Å². The largest absolute Gasteiger partial charge is 0.398 e. The van der Waals surface area contributed by atoms with Crippen molar-refractivity contribution in [3.05, 3.63) is 23.2 Å². The third-order valence-corrected chi connectivity index (χ3v) is 4.40. The lowest BCUT2D eigenvalue weighted by atomic mass is 10.3. The Labute approximate surface area is 111 Å². The molecule has 0 saturated heterocycles. The summed E-state index contributed by atoms with van der Waals surface area (Å²) in [6.45, 7) is -0.287. The molecule has 0 aliphatic carbocycles. The number of sulfonamides is 1. The van der Waals surface area contributed by atoms with Crippen molar-refractivity contribution < 1.29 is 13.2 Å². The van der Waals surface area contributed by atoms with Crippen LogP contribution in [0.4, 0.5) is 5.69 Å². The monoisotopic (exact) mass is 291 g/mol. The highest BCUT2D eigenvalue weighted by atomic mass is 35.5. The summed E-state index contributed by atoms with van der Waals surface area (Å²) in [6, 6.07) is 4.16. The van der Waals surface area contributed by atoms with Crippen molar-refractivity contribution in [2.45, 2.75) is 4.90 Å². The number of nitrogens with two attached hydrogens (primary N) is 1. The van der Waals surface area contributed by atoms with Gasteiger partial charge in [0.25, 0.3) is 0 Å². The number of amides is 1. The van der Waals surface area contributed by atoms with Crippen LogP contribution in [0.3, 0.4) is 0 Å². The Hall–Kier alpha value is -1.31. The zero-order chi connectivity index (χ0) is 13.9. The van der Waals surface area contributed by atoms with Crippen LogP contribution in [0.15, 0.2) is 23.1 Å². The lowest BCUT2D eigenvalue weighted by Crippen LogP contribution is -2.37. The average Bonchev–Trinajstić information content (AvgIpc) is 2.31. The van der Waals surface area contributed by atoms with Crippen LogP contribution in [0.2, 0.25) is 5.02 Å². The highest BCUT2D eigenvalue weighted by Gasteiger charge is 2.25. The van der Waals surface area contributed by atoms with E-state index in [1.807, 2.05) is 0 Å². The third kappa shape index (κ3) is 3.12. The summed E-state index contributed by atoms with van der Waals surface area (Å²) >= 11 is 5.74. The zero-order valence-electron chi connectivity index (χ0n) is 9.97. The maximum absolute atomic E-state index is 12.2. The predicted molar refractivity (Wildman–Crippen MR) is 69.7 cm³/mol. The van der Waals surface area contributed by atoms with E-state index < -0.39 is 15.9 Å². The summed E-state index contributed by atoms with van der Waals surface area (Å²) in [5.41, 5.74) is 5.70. The minimum absolute atomic E-state index is 0.0863. The molecule has 1 aromatic rings. The Morgan fingerprint density at radius 3 is 2.67 bits per heavy atom. The third-order valence-electron chi connectivity index (χ3n) is 2.31. The number of anilines is 1. The molecule has 8 heteroatoms. The van der Waals surface area contributed by atoms with Gasteiger partial charge in [-0.05, 0) is 18.2 Å². The van der Waals surface area contributed by atoms with Crippen LogP contribution in [0.25, 0.3) is 0 Å². The fourth-order valence-electron chi connectivity index (χ4n) is 1.27. The molecule has 6 nitrogen and oxygen atoms in total. The highest BCUT2D eigenvalue weighted by molar-refractivity contribution is 7.89. The first kappa shape index (κ1) is 14.7. The summed E-state index contributed by atoms with van der Waals surface area (Å²) in [5.74, 6) is -0.415. The second-order valence-electron chi connectivity index (χ2n) is 3.62. The standard InChI is InChI=1S/C10H14ClN3O3S/c1-13-10(15)6-14(2)18(16,17)9-5-7(11)3-4-8(9)12/h3-5H,6,12H2,1-2H3,(H,13,15). The number of carbonyl (C=O) groups excluding carboxylic acids is 1. The number of carbonyl (C=O) groups is 1. The summed E-state index contributed by atoms with van der Waals surface area (Å²) in [4.78, 5) is 11.1. The van der Waals surface area contributed by atoms with Gasteiger partial charge in [-0.3, -0.25) is 4.79 Å². The molecule has 0 aliphatic heterocycles. The van der Waals surface area contributed by atoms with Crippen LogP contribution < -0.4 is 11.1 Å². The van der Waals surface area contributed by atoms with Crippen molar-refractivity contribution in [1.29, 1.82) is 0 Å². The van der Waals surface area contributed by atoms with Crippen LogP contribution in [0, 0.1) is 0 Å². The Balaban J connectivity index is 3.13. The quantitative estimate of drug-likeness (QED) is 0.780. The van der Waals surface area contributed by atoms with Crippen molar-refractivity contribution in [3.8, 4) is 0 Å². The number of nitrogen functional groups attached to an aromatic ring is 1. The molecule has 0 heterocycles. The summed E-state index contributed by atoms with van der Waals surface area (Å²) in [5, 5.41) is 2.60. The van der Waals surface area contributed by atoms with Crippen LogP contribution in [0.1, 0.15) is 0 Å². The number of rotatable bonds is 4. The molecular formula is C10H14ClN3O3S. The number of hydrogen-bond acceptors (Lipinski definition) is 4. The maximum Gasteiger partial charge on any atom is 0.245 e. The average molecular weight is 292 g/mol. The molecule has 3 N–H and O–H groups in total. The van der Waals surface area contributed by atoms with Gasteiger partial charge in [0.2, 0.25) is 15.9 Å². The first-order valence-corrected chi connectivity index (χ1v) is 6.82. The van der Waals surface area contributed by atoms with Crippen molar-refractivity contribution in [3.63, 3.8) is 0 Å². The van der Waals surface area contributed by atoms with Gasteiger partial charge in [-0.1, -0.05) is 11.6 Å². The van der Waals surface area contributed by atoms with Crippen molar-refractivity contribution in [2.24, 2.45) is 0 Å². The molecule has 0 bridgehead atoms. The smallest absolute Gasteiger partial charge is 0.245 e. The second kappa shape index (κ2) is 5.55. The minimum Gasteiger partial charge on any atom is -0.398 e. The van der Waals surface area contributed by atoms with Crippen molar-refractivity contribution in [2.75, 3.05) is 26.4 Å². The SMILES string of the molecule is CNC(=O)CN(C)S(=O)(=O)c1cc(Cl)ccc1N. The van der Waals surface area contributed by atoms with Gasteiger partial charge in [-0.25, -0.2) is 8.42 Å². The van der Waals surface area contributed by atoms with Crippen molar-refractivity contribution >= 4 is 33.2 Å². The van der Waals surface area contributed by atoms with Gasteiger partial charge in [0.1, 0.15) is 4.90 Å². The van der Waals surface area contributed by atoms with Gasteiger partial charge in [0, 0.05) is 19.1 Å². The van der Waals surface area contributed by atoms with E-state index >= 15 is 0 Å². The molecule has 0 radical (unpaired) electrons. The van der Waals surface area contributed by atoms with Gasteiger partial charge in [0.05, 0.1) is 12.2 Å². The molecule has 0 aromatic heterocycles. The van der Waals surface area contributed by atoms with E-state index in [0.29, 0.717) is 0 Å². The van der Waals surface area contributed by atoms with Crippen LogP contribution in [0.5, 0.6) is 0 Å². The van der Waals surface area contributed by atoms with E-state index in [0.717, 1.165) is 4.31 Å². The van der Waals surface area contributed by atoms with E-state index in [4.69, 9.17) is 17.3 Å². The molecule has 1 amide bonds. The molecule has 0 fully saturated rings. The number of halogens is 1. The molecule has 100 valence electrons. The Bertz CT molecular complexity index is 559. The lowest BCUT2D eigenvalue weighted by Gasteiger charge is -2.17. The molecule has 0 aliphatic rings. The van der Waals surface area contributed by atoms with Gasteiger partial charge in [0.15, 0.2) is 0 Å². The summed E-state index contributed by atoms with van der Waals surface area (Å²) < 4.78 is 25.2. The Morgan fingerprint density at radius 1 is 1.50 bits per heavy atom. The minimum atomic E-state index is -3.83. The summed E-state index contributed by atoms with van der Waals surface area (Å²) in [6.07, 6.45) is 0. The number of hydrogen-bond donors (Lipinski definition) is 2. The molecule has 1 rings (SSSR count). The van der Waals surface area contributed by atoms with E-state index in [2.05, 4.69) is 5.32 Å².